The van der Waals surface area contributed by atoms with E-state index >= 15 is 0 Å². The Labute approximate surface area is 128 Å². The second-order valence-corrected chi connectivity index (χ2v) is 6.22. The summed E-state index contributed by atoms with van der Waals surface area (Å²) in [5, 5.41) is 0. The zero-order valence-corrected chi connectivity index (χ0v) is 12.2. The molecule has 1 aromatic rings. The number of fused-ring (bicyclic) bond motifs is 1. The summed E-state index contributed by atoms with van der Waals surface area (Å²) < 4.78 is 5.29. The molecule has 4 heterocycles. The number of carbonyl (C=O) groups excluding carboxylic acids is 2. The van der Waals surface area contributed by atoms with Crippen LogP contribution in [-0.4, -0.2) is 59.5 Å². The van der Waals surface area contributed by atoms with E-state index in [0.29, 0.717) is 32.8 Å². The quantitative estimate of drug-likeness (QED) is 0.765. The molecular weight excluding hydrogens is 284 g/mol. The van der Waals surface area contributed by atoms with Crippen molar-refractivity contribution in [3.8, 4) is 0 Å². The van der Waals surface area contributed by atoms with E-state index < -0.39 is 0 Å². The lowest BCUT2D eigenvalue weighted by Gasteiger charge is -2.23. The number of nitrogens with zero attached hydrogens (tertiary/aromatic N) is 4. The zero-order chi connectivity index (χ0) is 15.1. The Kier molecular flexibility index (Phi) is 3.29. The van der Waals surface area contributed by atoms with Gasteiger partial charge in [0.2, 0.25) is 11.8 Å². The van der Waals surface area contributed by atoms with Crippen LogP contribution in [0, 0.1) is 17.8 Å². The Morgan fingerprint density at radius 1 is 1.23 bits per heavy atom. The molecule has 0 N–H and O–H groups in total. The van der Waals surface area contributed by atoms with Gasteiger partial charge in [-0.15, -0.1) is 0 Å². The van der Waals surface area contributed by atoms with Crippen molar-refractivity contribution in [1.29, 1.82) is 0 Å². The van der Waals surface area contributed by atoms with Gasteiger partial charge in [-0.2, -0.15) is 0 Å². The van der Waals surface area contributed by atoms with E-state index in [-0.39, 0.29) is 29.6 Å². The van der Waals surface area contributed by atoms with Crippen molar-refractivity contribution in [2.24, 2.45) is 17.8 Å². The molecule has 3 aliphatic heterocycles. The van der Waals surface area contributed by atoms with Gasteiger partial charge in [-0.3, -0.25) is 9.59 Å². The van der Waals surface area contributed by atoms with E-state index in [9.17, 15) is 9.59 Å². The molecule has 0 aromatic carbocycles. The minimum absolute atomic E-state index is 0.0208. The lowest BCUT2D eigenvalue weighted by molar-refractivity contribution is -0.134. The zero-order valence-electron chi connectivity index (χ0n) is 12.2. The summed E-state index contributed by atoms with van der Waals surface area (Å²) in [4.78, 5) is 36.6. The van der Waals surface area contributed by atoms with Gasteiger partial charge in [0.15, 0.2) is 0 Å². The van der Waals surface area contributed by atoms with Crippen LogP contribution in [0.5, 0.6) is 0 Å². The summed E-state index contributed by atoms with van der Waals surface area (Å²) in [7, 11) is 0. The van der Waals surface area contributed by atoms with Crippen molar-refractivity contribution in [3.05, 3.63) is 18.7 Å². The third-order valence-electron chi connectivity index (χ3n) is 4.89. The number of aromatic nitrogens is 2. The summed E-state index contributed by atoms with van der Waals surface area (Å²) in [5.41, 5.74) is 0.740. The molecule has 0 aliphatic carbocycles. The van der Waals surface area contributed by atoms with E-state index in [1.807, 2.05) is 4.90 Å². The molecule has 0 radical (unpaired) electrons. The molecule has 2 amide bonds. The molecule has 116 valence electrons. The number of hydrogen-bond acceptors (Lipinski definition) is 5. The van der Waals surface area contributed by atoms with Gasteiger partial charge in [-0.05, 0) is 6.42 Å². The minimum atomic E-state index is -0.0912. The molecule has 3 aliphatic rings. The van der Waals surface area contributed by atoms with Crippen LogP contribution in [0.3, 0.4) is 0 Å². The predicted molar refractivity (Wildman–Crippen MR) is 76.9 cm³/mol. The van der Waals surface area contributed by atoms with Crippen molar-refractivity contribution in [3.63, 3.8) is 0 Å². The number of amides is 2. The first-order valence-corrected chi connectivity index (χ1v) is 7.67. The van der Waals surface area contributed by atoms with Crippen LogP contribution in [0.25, 0.3) is 0 Å². The largest absolute Gasteiger partial charge is 0.381 e. The van der Waals surface area contributed by atoms with Crippen molar-refractivity contribution in [2.75, 3.05) is 37.7 Å². The van der Waals surface area contributed by atoms with Gasteiger partial charge in [0.05, 0.1) is 36.5 Å². The van der Waals surface area contributed by atoms with Crippen LogP contribution in [0.2, 0.25) is 0 Å². The van der Waals surface area contributed by atoms with E-state index in [1.165, 1.54) is 6.33 Å². The van der Waals surface area contributed by atoms with Crippen molar-refractivity contribution in [1.82, 2.24) is 14.9 Å². The maximum Gasteiger partial charge on any atom is 0.232 e. The van der Waals surface area contributed by atoms with Crippen LogP contribution >= 0.6 is 0 Å². The van der Waals surface area contributed by atoms with Crippen LogP contribution < -0.4 is 4.90 Å². The third-order valence-corrected chi connectivity index (χ3v) is 4.89. The molecule has 0 bridgehead atoms. The number of anilines is 1. The Morgan fingerprint density at radius 3 is 2.73 bits per heavy atom. The first kappa shape index (κ1) is 13.6. The van der Waals surface area contributed by atoms with Gasteiger partial charge in [0, 0.05) is 32.2 Å². The Hall–Kier alpha value is -2.02. The van der Waals surface area contributed by atoms with Crippen LogP contribution in [-0.2, 0) is 14.3 Å². The maximum atomic E-state index is 12.6. The summed E-state index contributed by atoms with van der Waals surface area (Å²) >= 11 is 0. The smallest absolute Gasteiger partial charge is 0.232 e. The number of likely N-dealkylation sites (tertiary alicyclic amines) is 1. The minimum Gasteiger partial charge on any atom is -0.381 e. The summed E-state index contributed by atoms with van der Waals surface area (Å²) in [6.45, 7) is 3.02. The Morgan fingerprint density at radius 2 is 2.05 bits per heavy atom. The highest BCUT2D eigenvalue weighted by Crippen LogP contribution is 2.35. The molecule has 1 aromatic heterocycles. The summed E-state index contributed by atoms with van der Waals surface area (Å²) in [6.07, 6.45) is 5.57. The lowest BCUT2D eigenvalue weighted by Crippen LogP contribution is -2.38. The van der Waals surface area contributed by atoms with Crippen LogP contribution in [0.1, 0.15) is 6.42 Å². The normalized spacial score (nSPS) is 30.9. The monoisotopic (exact) mass is 302 g/mol. The molecular formula is C15H18N4O3. The molecule has 7 heteroatoms. The fourth-order valence-corrected chi connectivity index (χ4v) is 3.69. The third kappa shape index (κ3) is 2.16. The van der Waals surface area contributed by atoms with Crippen molar-refractivity contribution >= 4 is 17.5 Å². The van der Waals surface area contributed by atoms with Crippen LogP contribution in [0.4, 0.5) is 5.69 Å². The van der Waals surface area contributed by atoms with Crippen molar-refractivity contribution < 1.29 is 14.3 Å². The Balaban J connectivity index is 1.45. The fourth-order valence-electron chi connectivity index (χ4n) is 3.69. The average molecular weight is 302 g/mol. The number of ether oxygens (including phenoxy) is 1. The average Bonchev–Trinajstić information content (AvgIpc) is 3.25. The molecule has 0 saturated carbocycles. The van der Waals surface area contributed by atoms with Gasteiger partial charge in [-0.25, -0.2) is 9.97 Å². The lowest BCUT2D eigenvalue weighted by atomic mass is 10.0. The van der Waals surface area contributed by atoms with Crippen molar-refractivity contribution in [2.45, 2.75) is 6.42 Å². The highest BCUT2D eigenvalue weighted by molar-refractivity contribution is 5.98. The molecule has 1 unspecified atom stereocenters. The second kappa shape index (κ2) is 5.31. The molecule has 4 rings (SSSR count). The maximum absolute atomic E-state index is 12.6. The van der Waals surface area contributed by atoms with Crippen LogP contribution in [0.15, 0.2) is 18.7 Å². The topological polar surface area (TPSA) is 75.6 Å². The molecule has 7 nitrogen and oxygen atoms in total. The van der Waals surface area contributed by atoms with E-state index in [1.54, 1.807) is 17.3 Å². The second-order valence-electron chi connectivity index (χ2n) is 6.22. The summed E-state index contributed by atoms with van der Waals surface area (Å²) in [5.74, 6) is 0.324. The molecule has 0 spiro atoms. The Bertz CT molecular complexity index is 588. The van der Waals surface area contributed by atoms with Gasteiger partial charge in [0.1, 0.15) is 6.33 Å². The van der Waals surface area contributed by atoms with Gasteiger partial charge in [0.25, 0.3) is 0 Å². The first-order chi connectivity index (χ1) is 10.7. The number of hydrogen-bond donors (Lipinski definition) is 0. The van der Waals surface area contributed by atoms with Gasteiger partial charge < -0.3 is 14.5 Å². The predicted octanol–water partition coefficient (Wildman–Crippen LogP) is -0.0657. The van der Waals surface area contributed by atoms with Gasteiger partial charge in [-0.1, -0.05) is 0 Å². The highest BCUT2D eigenvalue weighted by atomic mass is 16.5. The fraction of sp³-hybridized carbons (Fsp3) is 0.600. The molecule has 3 saturated heterocycles. The number of rotatable bonds is 2. The first-order valence-electron chi connectivity index (χ1n) is 7.67. The standard InChI is InChI=1S/C15H18N4O3/c20-14(10-1-2-22-8-10)18-5-11-6-19(15(21)13(11)7-18)12-3-16-9-17-4-12/h3-4,9-11,13H,1-2,5-8H2/t10?,11-,13-/m1/s1. The van der Waals surface area contributed by atoms with E-state index in [4.69, 9.17) is 4.74 Å². The molecule has 3 fully saturated rings. The summed E-state index contributed by atoms with van der Waals surface area (Å²) in [6, 6.07) is 0. The molecule has 3 atom stereocenters. The van der Waals surface area contributed by atoms with E-state index in [2.05, 4.69) is 9.97 Å². The van der Waals surface area contributed by atoms with E-state index in [0.717, 1.165) is 12.1 Å². The SMILES string of the molecule is O=C(C1CCOC1)N1C[C@@H]2CN(c3cncnc3)C(=O)[C@@H]2C1. The highest BCUT2D eigenvalue weighted by Gasteiger charge is 2.48. The molecule has 22 heavy (non-hydrogen) atoms. The number of carbonyl (C=O) groups is 2. The van der Waals surface area contributed by atoms with Gasteiger partial charge >= 0.3 is 0 Å².